The van der Waals surface area contributed by atoms with Crippen molar-refractivity contribution in [3.8, 4) is 0 Å². The SMILES string of the molecule is CS(=O)(=O)N(CCCCc1nc2cc(Cl)c(C(F)(F)F)cc2[nH]1)CC1CCC(n2ccc3c(N)ncnc32)C1. The Morgan fingerprint density at radius 2 is 2.03 bits per heavy atom. The topological polar surface area (TPSA) is 123 Å². The van der Waals surface area contributed by atoms with E-state index in [0.717, 1.165) is 36.4 Å². The van der Waals surface area contributed by atoms with Crippen LogP contribution in [-0.4, -0.2) is 56.6 Å². The Morgan fingerprint density at radius 1 is 1.23 bits per heavy atom. The molecule has 9 nitrogen and oxygen atoms in total. The van der Waals surface area contributed by atoms with Gasteiger partial charge in [-0.25, -0.2) is 27.7 Å². The van der Waals surface area contributed by atoms with Gasteiger partial charge in [-0.15, -0.1) is 0 Å². The molecule has 1 aromatic carbocycles. The van der Waals surface area contributed by atoms with Crippen LogP contribution in [-0.2, 0) is 22.6 Å². The molecule has 1 saturated carbocycles. The average Bonchev–Trinajstić information content (AvgIpc) is 3.57. The van der Waals surface area contributed by atoms with Crippen LogP contribution in [0.5, 0.6) is 0 Å². The van der Waals surface area contributed by atoms with Crippen LogP contribution in [0, 0.1) is 5.92 Å². The van der Waals surface area contributed by atoms with Crippen LogP contribution in [0.25, 0.3) is 22.1 Å². The zero-order valence-corrected chi connectivity index (χ0v) is 22.8. The first-order chi connectivity index (χ1) is 18.4. The number of fused-ring (bicyclic) bond motifs is 2. The molecule has 3 aromatic heterocycles. The molecule has 0 amide bonds. The number of sulfonamides is 1. The number of nitrogens with two attached hydrogens (primary N) is 1. The van der Waals surface area contributed by atoms with E-state index in [1.807, 2.05) is 12.3 Å². The largest absolute Gasteiger partial charge is 0.417 e. The number of imidazole rings is 1. The van der Waals surface area contributed by atoms with Gasteiger partial charge in [0.25, 0.3) is 0 Å². The van der Waals surface area contributed by atoms with Gasteiger partial charge in [-0.1, -0.05) is 11.6 Å². The summed E-state index contributed by atoms with van der Waals surface area (Å²) in [6.45, 7) is 0.801. The highest BCUT2D eigenvalue weighted by Crippen LogP contribution is 2.38. The lowest BCUT2D eigenvalue weighted by molar-refractivity contribution is -0.137. The number of H-pyrrole nitrogens is 1. The lowest BCUT2D eigenvalue weighted by atomic mass is 10.1. The summed E-state index contributed by atoms with van der Waals surface area (Å²) in [5.74, 6) is 1.19. The molecule has 3 heterocycles. The molecule has 0 saturated heterocycles. The van der Waals surface area contributed by atoms with Gasteiger partial charge >= 0.3 is 6.18 Å². The van der Waals surface area contributed by atoms with E-state index >= 15 is 0 Å². The molecule has 5 rings (SSSR count). The highest BCUT2D eigenvalue weighted by atomic mass is 35.5. The zero-order chi connectivity index (χ0) is 27.9. The first-order valence-electron chi connectivity index (χ1n) is 12.7. The Balaban J connectivity index is 1.17. The summed E-state index contributed by atoms with van der Waals surface area (Å²) in [6, 6.07) is 4.29. The maximum Gasteiger partial charge on any atom is 0.417 e. The molecule has 1 aliphatic carbocycles. The van der Waals surface area contributed by atoms with Crippen LogP contribution in [0.15, 0.2) is 30.7 Å². The second kappa shape index (κ2) is 10.6. The van der Waals surface area contributed by atoms with Crippen molar-refractivity contribution < 1.29 is 21.6 Å². The second-order valence-electron chi connectivity index (χ2n) is 10.2. The van der Waals surface area contributed by atoms with Crippen molar-refractivity contribution in [3.63, 3.8) is 0 Å². The van der Waals surface area contributed by atoms with E-state index in [2.05, 4.69) is 24.5 Å². The van der Waals surface area contributed by atoms with Gasteiger partial charge in [0.1, 0.15) is 23.6 Å². The third-order valence-electron chi connectivity index (χ3n) is 7.37. The second-order valence-corrected chi connectivity index (χ2v) is 12.6. The van der Waals surface area contributed by atoms with Gasteiger partial charge in [0.05, 0.1) is 33.3 Å². The predicted molar refractivity (Wildman–Crippen MR) is 144 cm³/mol. The van der Waals surface area contributed by atoms with E-state index in [1.54, 1.807) is 0 Å². The van der Waals surface area contributed by atoms with E-state index in [0.29, 0.717) is 49.5 Å². The molecule has 0 bridgehead atoms. The first kappa shape index (κ1) is 27.7. The number of aromatic nitrogens is 5. The number of aromatic amines is 1. The van der Waals surface area contributed by atoms with Crippen LogP contribution in [0.2, 0.25) is 5.02 Å². The highest BCUT2D eigenvalue weighted by Gasteiger charge is 2.34. The fourth-order valence-electron chi connectivity index (χ4n) is 5.43. The predicted octanol–water partition coefficient (Wildman–Crippen LogP) is 5.19. The van der Waals surface area contributed by atoms with Gasteiger partial charge in [0.2, 0.25) is 10.0 Å². The summed E-state index contributed by atoms with van der Waals surface area (Å²) >= 11 is 5.79. The lowest BCUT2D eigenvalue weighted by Gasteiger charge is -2.23. The molecule has 210 valence electrons. The number of hydrogen-bond donors (Lipinski definition) is 2. The smallest absolute Gasteiger partial charge is 0.383 e. The monoisotopic (exact) mass is 583 g/mol. The zero-order valence-electron chi connectivity index (χ0n) is 21.2. The number of alkyl halides is 3. The summed E-state index contributed by atoms with van der Waals surface area (Å²) in [6.07, 6.45) is 4.43. The van der Waals surface area contributed by atoms with Crippen molar-refractivity contribution in [2.24, 2.45) is 5.92 Å². The minimum atomic E-state index is -4.55. The van der Waals surface area contributed by atoms with Gasteiger partial charge < -0.3 is 15.3 Å². The molecule has 1 aliphatic rings. The number of nitrogen functional groups attached to an aromatic ring is 1. The van der Waals surface area contributed by atoms with Gasteiger partial charge in [-0.2, -0.15) is 13.2 Å². The molecule has 4 aromatic rings. The van der Waals surface area contributed by atoms with Crippen LogP contribution in [0.4, 0.5) is 19.0 Å². The maximum atomic E-state index is 13.1. The molecule has 0 aliphatic heterocycles. The minimum Gasteiger partial charge on any atom is -0.383 e. The van der Waals surface area contributed by atoms with Crippen molar-refractivity contribution in [2.75, 3.05) is 25.1 Å². The Labute approximate surface area is 228 Å². The first-order valence-corrected chi connectivity index (χ1v) is 14.9. The minimum absolute atomic E-state index is 0.211. The lowest BCUT2D eigenvalue weighted by Crippen LogP contribution is -2.35. The summed E-state index contributed by atoms with van der Waals surface area (Å²) < 4.78 is 68.1. The maximum absolute atomic E-state index is 13.1. The quantitative estimate of drug-likeness (QED) is 0.262. The van der Waals surface area contributed by atoms with Gasteiger partial charge in [-0.05, 0) is 56.2 Å². The fraction of sp³-hybridized carbons (Fsp3) is 0.480. The van der Waals surface area contributed by atoms with Crippen LogP contribution in [0.3, 0.4) is 0 Å². The third-order valence-corrected chi connectivity index (χ3v) is 8.96. The Morgan fingerprint density at radius 3 is 2.77 bits per heavy atom. The standard InChI is InChI=1S/C25H29ClF3N7O2S/c1-39(37,38)35(13-15-5-6-16(10-15)36-9-7-17-23(30)31-14-32-24(17)36)8-3-2-4-22-33-20-11-18(25(27,28)29)19(26)12-21(20)34-22/h7,9,11-12,14-16H,2-6,8,10,13H2,1H3,(H,33,34)(H2,30,31,32). The fourth-order valence-corrected chi connectivity index (χ4v) is 6.64. The average molecular weight is 584 g/mol. The number of nitrogens with one attached hydrogen (secondary N) is 1. The van der Waals surface area contributed by atoms with E-state index in [9.17, 15) is 21.6 Å². The van der Waals surface area contributed by atoms with E-state index < -0.39 is 26.8 Å². The Bertz CT molecular complexity index is 1600. The molecule has 0 spiro atoms. The summed E-state index contributed by atoms with van der Waals surface area (Å²) in [4.78, 5) is 15.7. The van der Waals surface area contributed by atoms with Gasteiger partial charge in [-0.3, -0.25) is 0 Å². The Hall–Kier alpha value is -2.90. The van der Waals surface area contributed by atoms with Crippen molar-refractivity contribution in [2.45, 2.75) is 50.7 Å². The van der Waals surface area contributed by atoms with Crippen molar-refractivity contribution in [1.82, 2.24) is 28.8 Å². The number of nitrogens with zero attached hydrogens (tertiary/aromatic N) is 5. The highest BCUT2D eigenvalue weighted by molar-refractivity contribution is 7.88. The molecule has 14 heteroatoms. The molecule has 2 unspecified atom stereocenters. The Kier molecular flexibility index (Phi) is 7.51. The number of aryl methyl sites for hydroxylation is 1. The van der Waals surface area contributed by atoms with E-state index in [4.69, 9.17) is 17.3 Å². The van der Waals surface area contributed by atoms with Crippen LogP contribution < -0.4 is 5.73 Å². The molecule has 0 radical (unpaired) electrons. The van der Waals surface area contributed by atoms with Gasteiger partial charge in [0, 0.05) is 31.7 Å². The summed E-state index contributed by atoms with van der Waals surface area (Å²) in [5, 5.41) is 0.417. The normalized spacial score (nSPS) is 18.6. The molecule has 2 atom stereocenters. The third kappa shape index (κ3) is 5.99. The molecule has 3 N–H and O–H groups in total. The summed E-state index contributed by atoms with van der Waals surface area (Å²) in [7, 11) is -3.41. The van der Waals surface area contributed by atoms with Crippen molar-refractivity contribution in [1.29, 1.82) is 0 Å². The number of hydrogen-bond acceptors (Lipinski definition) is 6. The van der Waals surface area contributed by atoms with E-state index in [1.165, 1.54) is 23.0 Å². The number of benzene rings is 1. The van der Waals surface area contributed by atoms with Crippen molar-refractivity contribution >= 4 is 49.5 Å². The molecule has 39 heavy (non-hydrogen) atoms. The van der Waals surface area contributed by atoms with Crippen LogP contribution >= 0.6 is 11.6 Å². The number of halogens is 4. The van der Waals surface area contributed by atoms with Gasteiger partial charge in [0.15, 0.2) is 0 Å². The molecule has 1 fully saturated rings. The number of rotatable bonds is 9. The molecular weight excluding hydrogens is 555 g/mol. The number of anilines is 1. The number of unbranched alkanes of at least 4 members (excludes halogenated alkanes) is 1. The van der Waals surface area contributed by atoms with Crippen molar-refractivity contribution in [3.05, 3.63) is 47.1 Å². The molecular formula is C25H29ClF3N7O2S. The van der Waals surface area contributed by atoms with Crippen LogP contribution in [0.1, 0.15) is 49.5 Å². The van der Waals surface area contributed by atoms with E-state index in [-0.39, 0.29) is 17.5 Å². The summed E-state index contributed by atoms with van der Waals surface area (Å²) in [5.41, 5.74) is 6.47.